The molecular weight excluding hydrogens is 616 g/mol. The molecule has 4 nitrogen and oxygen atoms in total. The molecule has 0 atom stereocenters. The minimum absolute atomic E-state index is 0.166. The van der Waals surface area contributed by atoms with Crippen LogP contribution < -0.4 is 0 Å². The van der Waals surface area contributed by atoms with Crippen molar-refractivity contribution in [3.8, 4) is 19.5 Å². The molecule has 3 aliphatic rings. The Labute approximate surface area is 263 Å². The van der Waals surface area contributed by atoms with Crippen molar-refractivity contribution in [1.82, 2.24) is 0 Å². The Kier molecular flexibility index (Phi) is 6.21. The Morgan fingerprint density at radius 3 is 1.65 bits per heavy atom. The van der Waals surface area contributed by atoms with Gasteiger partial charge >= 0.3 is 0 Å². The minimum atomic E-state index is -0.255. The van der Waals surface area contributed by atoms with Gasteiger partial charge in [0.2, 0.25) is 0 Å². The van der Waals surface area contributed by atoms with E-state index in [1.54, 1.807) is 83.4 Å². The van der Waals surface area contributed by atoms with Gasteiger partial charge in [-0.15, -0.1) is 34.0 Å². The Bertz CT molecular complexity index is 2060. The molecule has 3 heterocycles. The molecule has 1 saturated carbocycles. The molecule has 0 saturated heterocycles. The van der Waals surface area contributed by atoms with Crippen LogP contribution in [0.15, 0.2) is 83.9 Å². The van der Waals surface area contributed by atoms with Crippen LogP contribution in [0.4, 0.5) is 0 Å². The topological polar surface area (TPSA) is 68.3 Å². The highest BCUT2D eigenvalue weighted by Crippen LogP contribution is 2.53. The number of hydrogen-bond donors (Lipinski definition) is 0. The molecule has 5 aromatic rings. The first-order chi connectivity index (χ1) is 20.9. The van der Waals surface area contributed by atoms with Gasteiger partial charge in [-0.05, 0) is 60.7 Å². The molecule has 8 rings (SSSR count). The Morgan fingerprint density at radius 2 is 1.12 bits per heavy atom. The fourth-order valence-electron chi connectivity index (χ4n) is 5.68. The second-order valence-corrected chi connectivity index (χ2v) is 14.4. The molecular formula is C35H19ClO4S3. The number of fused-ring (bicyclic) bond motifs is 2. The summed E-state index contributed by atoms with van der Waals surface area (Å²) in [5.74, 6) is -0.473. The number of thiophene rings is 3. The average Bonchev–Trinajstić information content (AvgIpc) is 3.26. The lowest BCUT2D eigenvalue weighted by Gasteiger charge is -1.98. The van der Waals surface area contributed by atoms with Crippen LogP contribution >= 0.6 is 45.6 Å². The second-order valence-electron chi connectivity index (χ2n) is 10.7. The van der Waals surface area contributed by atoms with Crippen molar-refractivity contribution in [3.05, 3.63) is 127 Å². The van der Waals surface area contributed by atoms with Crippen molar-refractivity contribution in [2.75, 3.05) is 0 Å². The van der Waals surface area contributed by atoms with Crippen LogP contribution in [-0.4, -0.2) is 23.1 Å². The average molecular weight is 635 g/mol. The highest BCUT2D eigenvalue weighted by molar-refractivity contribution is 7.27. The summed E-state index contributed by atoms with van der Waals surface area (Å²) in [6.45, 7) is 0. The van der Waals surface area contributed by atoms with Crippen LogP contribution in [0.25, 0.3) is 31.7 Å². The van der Waals surface area contributed by atoms with Crippen molar-refractivity contribution in [1.29, 1.82) is 0 Å². The number of allylic oxidation sites excluding steroid dienone is 2. The van der Waals surface area contributed by atoms with Gasteiger partial charge < -0.3 is 0 Å². The maximum Gasteiger partial charge on any atom is 0.197 e. The van der Waals surface area contributed by atoms with Gasteiger partial charge in [0.25, 0.3) is 0 Å². The summed E-state index contributed by atoms with van der Waals surface area (Å²) in [6, 6.07) is 21.9. The first kappa shape index (κ1) is 26.6. The monoisotopic (exact) mass is 634 g/mol. The Morgan fingerprint density at radius 1 is 0.581 bits per heavy atom. The van der Waals surface area contributed by atoms with E-state index >= 15 is 0 Å². The van der Waals surface area contributed by atoms with E-state index in [-0.39, 0.29) is 34.3 Å². The highest BCUT2D eigenvalue weighted by Gasteiger charge is 2.34. The summed E-state index contributed by atoms with van der Waals surface area (Å²) >= 11 is 11.4. The van der Waals surface area contributed by atoms with Crippen LogP contribution in [0.2, 0.25) is 5.02 Å². The highest BCUT2D eigenvalue weighted by atomic mass is 35.5. The molecule has 2 aromatic carbocycles. The summed E-state index contributed by atoms with van der Waals surface area (Å²) < 4.78 is 0. The number of benzene rings is 2. The molecule has 8 heteroatoms. The van der Waals surface area contributed by atoms with Gasteiger partial charge in [0, 0.05) is 46.6 Å². The third kappa shape index (κ3) is 4.38. The number of halogens is 1. The summed E-state index contributed by atoms with van der Waals surface area (Å²) in [6.07, 6.45) is 5.63. The quantitative estimate of drug-likeness (QED) is 0.143. The first-order valence-corrected chi connectivity index (χ1v) is 16.5. The fourth-order valence-corrected chi connectivity index (χ4v) is 9.57. The SMILES string of the molecule is O=C1C(=Cc2ccc(-c3sc(-c4sc(C=C5C(=O)c6ccccc6C5=O)cc4Cl)cc3C3CC3)s2)C(=O)c2ccccc21. The number of hydrogen-bond acceptors (Lipinski definition) is 7. The van der Waals surface area contributed by atoms with Crippen molar-refractivity contribution in [2.45, 2.75) is 18.8 Å². The van der Waals surface area contributed by atoms with Crippen LogP contribution in [0.1, 0.15) is 75.5 Å². The van der Waals surface area contributed by atoms with Crippen molar-refractivity contribution < 1.29 is 19.2 Å². The predicted molar refractivity (Wildman–Crippen MR) is 174 cm³/mol. The zero-order valence-corrected chi connectivity index (χ0v) is 25.5. The molecule has 0 aliphatic heterocycles. The zero-order valence-electron chi connectivity index (χ0n) is 22.3. The lowest BCUT2D eigenvalue weighted by Crippen LogP contribution is -1.99. The lowest BCUT2D eigenvalue weighted by molar-refractivity contribution is 0.0975. The van der Waals surface area contributed by atoms with Crippen LogP contribution in [-0.2, 0) is 0 Å². The standard InChI is InChI=1S/C35H19ClO4S3/c36-27-15-19(14-26-32(39)22-7-3-4-8-23(22)33(26)40)42-35(27)29-16-24(17-9-10-17)34(43-29)28-12-11-18(41-28)13-25-30(37)20-5-1-2-6-21(20)31(25)38/h1-8,11-17H,9-10H2. The van der Waals surface area contributed by atoms with Gasteiger partial charge in [-0.25, -0.2) is 0 Å². The molecule has 43 heavy (non-hydrogen) atoms. The van der Waals surface area contributed by atoms with Gasteiger partial charge in [-0.3, -0.25) is 19.2 Å². The van der Waals surface area contributed by atoms with Crippen LogP contribution in [0.5, 0.6) is 0 Å². The maximum absolute atomic E-state index is 12.9. The summed E-state index contributed by atoms with van der Waals surface area (Å²) in [5, 5.41) is 0.580. The van der Waals surface area contributed by atoms with Crippen LogP contribution in [0, 0.1) is 0 Å². The van der Waals surface area contributed by atoms with Crippen molar-refractivity contribution in [3.63, 3.8) is 0 Å². The third-order valence-corrected chi connectivity index (χ3v) is 12.0. The van der Waals surface area contributed by atoms with Gasteiger partial charge in [-0.2, -0.15) is 0 Å². The van der Waals surface area contributed by atoms with E-state index < -0.39 is 0 Å². The smallest absolute Gasteiger partial charge is 0.197 e. The number of Topliss-reactive ketones (excluding diaryl/α,β-unsaturated/α-hetero) is 4. The van der Waals surface area contributed by atoms with Crippen molar-refractivity contribution >= 4 is 80.9 Å². The second kappa shape index (κ2) is 10.0. The Hall–Kier alpha value is -4.01. The molecule has 0 N–H and O–H groups in total. The zero-order chi connectivity index (χ0) is 29.4. The molecule has 0 radical (unpaired) electrons. The molecule has 0 unspecified atom stereocenters. The maximum atomic E-state index is 12.9. The molecule has 0 spiro atoms. The minimum Gasteiger partial charge on any atom is -0.288 e. The van der Waals surface area contributed by atoms with Crippen LogP contribution in [0.3, 0.4) is 0 Å². The van der Waals surface area contributed by atoms with E-state index in [2.05, 4.69) is 12.1 Å². The van der Waals surface area contributed by atoms with Gasteiger partial charge in [0.1, 0.15) is 0 Å². The molecule has 0 bridgehead atoms. The van der Waals surface area contributed by atoms with E-state index in [0.29, 0.717) is 33.2 Å². The number of rotatable bonds is 5. The van der Waals surface area contributed by atoms with E-state index in [4.69, 9.17) is 11.6 Å². The van der Waals surface area contributed by atoms with E-state index in [0.717, 1.165) is 37.2 Å². The number of carbonyl (C=O) groups is 4. The largest absolute Gasteiger partial charge is 0.288 e. The lowest BCUT2D eigenvalue weighted by atomic mass is 10.1. The molecule has 0 amide bonds. The molecule has 3 aliphatic carbocycles. The first-order valence-electron chi connectivity index (χ1n) is 13.7. The van der Waals surface area contributed by atoms with Crippen molar-refractivity contribution in [2.24, 2.45) is 0 Å². The Balaban J connectivity index is 1.12. The van der Waals surface area contributed by atoms with E-state index in [9.17, 15) is 19.2 Å². The normalized spacial score (nSPS) is 15.8. The van der Waals surface area contributed by atoms with Gasteiger partial charge in [0.05, 0.1) is 21.0 Å². The predicted octanol–water partition coefficient (Wildman–Crippen LogP) is 9.66. The van der Waals surface area contributed by atoms with E-state index in [1.165, 1.54) is 21.8 Å². The summed E-state index contributed by atoms with van der Waals surface area (Å²) in [5.41, 5.74) is 3.46. The molecule has 3 aromatic heterocycles. The van der Waals surface area contributed by atoms with Gasteiger partial charge in [-0.1, -0.05) is 60.1 Å². The summed E-state index contributed by atoms with van der Waals surface area (Å²) in [7, 11) is 0. The molecule has 208 valence electrons. The summed E-state index contributed by atoms with van der Waals surface area (Å²) in [4.78, 5) is 57.4. The van der Waals surface area contributed by atoms with Gasteiger partial charge in [0.15, 0.2) is 23.1 Å². The van der Waals surface area contributed by atoms with E-state index in [1.807, 2.05) is 12.1 Å². The fraction of sp³-hybridized carbons (Fsp3) is 0.0857. The molecule has 1 fully saturated rings. The third-order valence-electron chi connectivity index (χ3n) is 7.94. The number of carbonyl (C=O) groups excluding carboxylic acids is 4. The number of ketones is 4.